The lowest BCUT2D eigenvalue weighted by Crippen LogP contribution is -2.67. The molecule has 6 rings (SSSR count). The Morgan fingerprint density at radius 3 is 2.18 bits per heavy atom. The second kappa shape index (κ2) is 13.1. The number of esters is 1. The minimum absolute atomic E-state index is 0.0348. The van der Waals surface area contributed by atoms with E-state index in [4.69, 9.17) is 14.3 Å². The summed E-state index contributed by atoms with van der Waals surface area (Å²) >= 11 is 0. The smallest absolute Gasteiger partial charge is 0.323 e. The average molecular weight is 706 g/mol. The maximum Gasteiger partial charge on any atom is 0.323 e. The molecule has 6 aliphatic rings. The SMILES string of the molecule is C=C(C)[C@@H]1CC[C@]2(C(=O)O)CC[C@]3(C)[C@H](CCC4[C@@]5(C)CC[C@H](OC(=O)CN(OC)[C@@H]6OC(CO)[C@@H](O)[C@H](O)C6O)C(C)(C)C5CC[C@]43C)C12. The molecule has 0 bridgehead atoms. The van der Waals surface area contributed by atoms with Crippen LogP contribution in [0.25, 0.3) is 0 Å². The van der Waals surface area contributed by atoms with Gasteiger partial charge in [-0.05, 0) is 117 Å². The number of carboxylic acids is 1. The summed E-state index contributed by atoms with van der Waals surface area (Å²) in [5, 5.41) is 52.4. The molecule has 284 valence electrons. The monoisotopic (exact) mass is 705 g/mol. The first-order valence-electron chi connectivity index (χ1n) is 19.0. The van der Waals surface area contributed by atoms with Crippen LogP contribution in [0.5, 0.6) is 0 Å². The van der Waals surface area contributed by atoms with E-state index in [9.17, 15) is 35.1 Å². The zero-order valence-electron chi connectivity index (χ0n) is 31.3. The summed E-state index contributed by atoms with van der Waals surface area (Å²) in [6.07, 6.45) is 1.79. The van der Waals surface area contributed by atoms with Crippen molar-refractivity contribution in [3.63, 3.8) is 0 Å². The molecule has 5 aliphatic carbocycles. The summed E-state index contributed by atoms with van der Waals surface area (Å²) in [4.78, 5) is 31.8. The lowest BCUT2D eigenvalue weighted by Gasteiger charge is -2.72. The van der Waals surface area contributed by atoms with Crippen molar-refractivity contribution < 1.29 is 49.4 Å². The Balaban J connectivity index is 1.19. The van der Waals surface area contributed by atoms with E-state index < -0.39 is 54.6 Å². The van der Waals surface area contributed by atoms with Gasteiger partial charge in [0.2, 0.25) is 0 Å². The van der Waals surface area contributed by atoms with Crippen molar-refractivity contribution in [3.05, 3.63) is 12.2 Å². The minimum Gasteiger partial charge on any atom is -0.481 e. The van der Waals surface area contributed by atoms with Crippen LogP contribution in [0.1, 0.15) is 106 Å². The number of hydrogen-bond donors (Lipinski definition) is 5. The van der Waals surface area contributed by atoms with E-state index in [1.54, 1.807) is 0 Å². The largest absolute Gasteiger partial charge is 0.481 e. The lowest BCUT2D eigenvalue weighted by molar-refractivity contribution is -0.327. The standard InChI is InChI=1S/C39H63NO10/c1-21(2)22-11-16-39(34(46)47)18-17-37(6)23(29(22)39)9-10-26-36(5)14-13-27(35(3,4)25(36)12-15-38(26,37)7)50-28(42)19-40(48-8)33-32(45)31(44)30(43)24(20-41)49-33/h22-27,29-33,41,43-45H,1,9-20H2,2-8H3,(H,46,47)/t22-,23+,24?,25?,26?,27-,29?,30+,31-,32?,33+,36-,37+,38+,39-/m0/s1. The van der Waals surface area contributed by atoms with Gasteiger partial charge in [0.1, 0.15) is 37.1 Å². The van der Waals surface area contributed by atoms with Crippen LogP contribution < -0.4 is 0 Å². The van der Waals surface area contributed by atoms with Gasteiger partial charge < -0.3 is 35.0 Å². The van der Waals surface area contributed by atoms with Crippen LogP contribution in [-0.4, -0.2) is 99.5 Å². The first-order valence-corrected chi connectivity index (χ1v) is 19.0. The van der Waals surface area contributed by atoms with Crippen molar-refractivity contribution in [2.75, 3.05) is 20.3 Å². The molecule has 15 atom stereocenters. The highest BCUT2D eigenvalue weighted by molar-refractivity contribution is 5.76. The molecule has 5 N–H and O–H groups in total. The van der Waals surface area contributed by atoms with Gasteiger partial charge >= 0.3 is 11.9 Å². The van der Waals surface area contributed by atoms with Gasteiger partial charge in [0.05, 0.1) is 19.1 Å². The number of nitrogens with zero attached hydrogens (tertiary/aromatic N) is 1. The quantitative estimate of drug-likeness (QED) is 0.139. The molecule has 0 amide bonds. The van der Waals surface area contributed by atoms with E-state index in [-0.39, 0.29) is 46.1 Å². The summed E-state index contributed by atoms with van der Waals surface area (Å²) in [5.74, 6) is 0.404. The molecular weight excluding hydrogens is 642 g/mol. The Labute approximate surface area is 297 Å². The number of aliphatic carboxylic acids is 1. The Bertz CT molecular complexity index is 1340. The van der Waals surface area contributed by atoms with Crippen molar-refractivity contribution >= 4 is 11.9 Å². The number of hydrogen-bond acceptors (Lipinski definition) is 10. The predicted molar refractivity (Wildman–Crippen MR) is 184 cm³/mol. The highest BCUT2D eigenvalue weighted by Gasteiger charge is 2.72. The Morgan fingerprint density at radius 1 is 0.860 bits per heavy atom. The van der Waals surface area contributed by atoms with E-state index in [0.29, 0.717) is 24.2 Å². The Morgan fingerprint density at radius 2 is 1.56 bits per heavy atom. The third-order valence-electron chi connectivity index (χ3n) is 16.4. The fourth-order valence-electron chi connectivity index (χ4n) is 13.6. The van der Waals surface area contributed by atoms with Crippen molar-refractivity contribution in [1.29, 1.82) is 0 Å². The molecule has 0 radical (unpaired) electrons. The number of carbonyl (C=O) groups is 2. The van der Waals surface area contributed by atoms with E-state index in [1.807, 2.05) is 0 Å². The number of carboxylic acid groups (broad SMARTS) is 1. The Hall–Kier alpha value is -1.60. The molecule has 0 aromatic heterocycles. The molecule has 0 aromatic rings. The maximum atomic E-state index is 13.5. The number of fused-ring (bicyclic) bond motifs is 7. The number of carbonyl (C=O) groups excluding carboxylic acids is 1. The van der Waals surface area contributed by atoms with Crippen LogP contribution in [0.4, 0.5) is 0 Å². The third kappa shape index (κ3) is 5.37. The average Bonchev–Trinajstić information content (AvgIpc) is 3.46. The number of hydroxylamine groups is 2. The second-order valence-corrected chi connectivity index (χ2v) is 18.5. The third-order valence-corrected chi connectivity index (χ3v) is 16.4. The summed E-state index contributed by atoms with van der Waals surface area (Å²) in [5.41, 5.74) is 0.327. The second-order valence-electron chi connectivity index (χ2n) is 18.5. The fraction of sp³-hybridized carbons (Fsp3) is 0.897. The van der Waals surface area contributed by atoms with Crippen molar-refractivity contribution in [1.82, 2.24) is 5.06 Å². The predicted octanol–water partition coefficient (Wildman–Crippen LogP) is 4.30. The van der Waals surface area contributed by atoms with Crippen molar-refractivity contribution in [2.45, 2.75) is 142 Å². The molecule has 11 heteroatoms. The highest BCUT2D eigenvalue weighted by atomic mass is 16.7. The number of rotatable bonds is 8. The van der Waals surface area contributed by atoms with E-state index in [1.165, 1.54) is 7.11 Å². The normalized spacial score (nSPS) is 49.6. The van der Waals surface area contributed by atoms with E-state index >= 15 is 0 Å². The summed E-state index contributed by atoms with van der Waals surface area (Å²) < 4.78 is 11.8. The van der Waals surface area contributed by atoms with Gasteiger partial charge in [-0.2, -0.15) is 0 Å². The molecular formula is C39H63NO10. The molecule has 1 heterocycles. The highest BCUT2D eigenvalue weighted by Crippen LogP contribution is 2.77. The maximum absolute atomic E-state index is 13.5. The van der Waals surface area contributed by atoms with Crippen LogP contribution in [0, 0.1) is 56.7 Å². The van der Waals surface area contributed by atoms with Gasteiger partial charge in [-0.3, -0.25) is 14.4 Å². The lowest BCUT2D eigenvalue weighted by atomic mass is 9.32. The number of aliphatic hydroxyl groups excluding tert-OH is 4. The molecule has 6 fully saturated rings. The molecule has 0 spiro atoms. The van der Waals surface area contributed by atoms with Crippen LogP contribution in [-0.2, 0) is 23.9 Å². The van der Waals surface area contributed by atoms with E-state index in [2.05, 4.69) is 48.1 Å². The molecule has 50 heavy (non-hydrogen) atoms. The zero-order chi connectivity index (χ0) is 36.8. The molecule has 5 saturated carbocycles. The summed E-state index contributed by atoms with van der Waals surface area (Å²) in [6, 6.07) is 0. The van der Waals surface area contributed by atoms with Gasteiger partial charge in [0, 0.05) is 5.41 Å². The topological polar surface area (TPSA) is 166 Å². The molecule has 11 nitrogen and oxygen atoms in total. The van der Waals surface area contributed by atoms with Gasteiger partial charge in [0.15, 0.2) is 6.23 Å². The minimum atomic E-state index is -1.59. The van der Waals surface area contributed by atoms with Gasteiger partial charge in [-0.25, -0.2) is 0 Å². The first kappa shape index (κ1) is 38.1. The molecule has 5 unspecified atom stereocenters. The first-order chi connectivity index (χ1) is 23.3. The van der Waals surface area contributed by atoms with Crippen LogP contribution >= 0.6 is 0 Å². The van der Waals surface area contributed by atoms with E-state index in [0.717, 1.165) is 68.4 Å². The molecule has 1 aliphatic heterocycles. The van der Waals surface area contributed by atoms with Crippen molar-refractivity contribution in [3.8, 4) is 0 Å². The summed E-state index contributed by atoms with van der Waals surface area (Å²) in [6.45, 7) is 17.5. The van der Waals surface area contributed by atoms with Crippen LogP contribution in [0.15, 0.2) is 12.2 Å². The zero-order valence-corrected chi connectivity index (χ0v) is 31.3. The summed E-state index contributed by atoms with van der Waals surface area (Å²) in [7, 11) is 1.32. The van der Waals surface area contributed by atoms with Crippen molar-refractivity contribution in [2.24, 2.45) is 56.7 Å². The van der Waals surface area contributed by atoms with Crippen LogP contribution in [0.2, 0.25) is 0 Å². The van der Waals surface area contributed by atoms with Gasteiger partial charge in [-0.15, -0.1) is 5.06 Å². The number of ether oxygens (including phenoxy) is 2. The number of allylic oxidation sites excluding steroid dienone is 1. The van der Waals surface area contributed by atoms with Gasteiger partial charge in [0.25, 0.3) is 0 Å². The Kier molecular flexibility index (Phi) is 9.96. The molecule has 1 saturated heterocycles. The molecule has 0 aromatic carbocycles. The van der Waals surface area contributed by atoms with Crippen LogP contribution in [0.3, 0.4) is 0 Å². The van der Waals surface area contributed by atoms with Gasteiger partial charge in [-0.1, -0.05) is 46.8 Å². The fourth-order valence-corrected chi connectivity index (χ4v) is 13.6. The number of aliphatic hydroxyl groups is 4.